The van der Waals surface area contributed by atoms with E-state index in [4.69, 9.17) is 14.5 Å². The number of hydrogen-bond donors (Lipinski definition) is 0. The predicted octanol–water partition coefficient (Wildman–Crippen LogP) is 5.18. The van der Waals surface area contributed by atoms with E-state index in [0.717, 1.165) is 28.2 Å². The second-order valence-electron chi connectivity index (χ2n) is 7.74. The number of rotatable bonds is 5. The zero-order valence-electron chi connectivity index (χ0n) is 18.9. The largest absolute Gasteiger partial charge is 0.493 e. The summed E-state index contributed by atoms with van der Waals surface area (Å²) in [4.78, 5) is 21.6. The number of urea groups is 1. The fourth-order valence-corrected chi connectivity index (χ4v) is 4.17. The molecule has 0 aliphatic carbocycles. The molecule has 2 amide bonds. The van der Waals surface area contributed by atoms with Gasteiger partial charge < -0.3 is 14.4 Å². The van der Waals surface area contributed by atoms with Gasteiger partial charge in [-0.2, -0.15) is 0 Å². The van der Waals surface area contributed by atoms with E-state index in [1.165, 1.54) is 5.56 Å². The third-order valence-corrected chi connectivity index (χ3v) is 5.68. The maximum atomic E-state index is 13.2. The monoisotopic (exact) mass is 409 g/mol. The molecule has 2 aromatic carbocycles. The van der Waals surface area contributed by atoms with E-state index in [-0.39, 0.29) is 12.1 Å². The van der Waals surface area contributed by atoms with Gasteiger partial charge >= 0.3 is 6.03 Å². The Morgan fingerprint density at radius 3 is 2.23 bits per heavy atom. The number of ether oxygens (including phenoxy) is 2. The van der Waals surface area contributed by atoms with Crippen LogP contribution in [0.4, 0.5) is 10.5 Å². The lowest BCUT2D eigenvalue weighted by atomic mass is 9.98. The first-order valence-electron chi connectivity index (χ1n) is 10.2. The SMILES string of the molecule is CCN1C(=O)N(C)C(=Nc2c(C)cc(C)cc2C)CC1c1ccc(OC)c(OC)c1. The molecular formula is C24H31N3O3. The molecule has 0 radical (unpaired) electrons. The average Bonchev–Trinajstić information content (AvgIpc) is 2.72. The van der Waals surface area contributed by atoms with Crippen molar-refractivity contribution in [3.63, 3.8) is 0 Å². The lowest BCUT2D eigenvalue weighted by molar-refractivity contribution is 0.150. The minimum atomic E-state index is -0.122. The number of amidine groups is 1. The van der Waals surface area contributed by atoms with Crippen LogP contribution >= 0.6 is 0 Å². The summed E-state index contributed by atoms with van der Waals surface area (Å²) in [6.45, 7) is 8.82. The van der Waals surface area contributed by atoms with Crippen molar-refractivity contribution in [2.75, 3.05) is 27.8 Å². The van der Waals surface area contributed by atoms with Crippen LogP contribution in [0.2, 0.25) is 0 Å². The number of hydrogen-bond acceptors (Lipinski definition) is 4. The average molecular weight is 410 g/mol. The number of amides is 2. The lowest BCUT2D eigenvalue weighted by Crippen LogP contribution is -2.51. The van der Waals surface area contributed by atoms with Gasteiger partial charge in [0.2, 0.25) is 0 Å². The van der Waals surface area contributed by atoms with E-state index < -0.39 is 0 Å². The van der Waals surface area contributed by atoms with E-state index in [9.17, 15) is 4.79 Å². The van der Waals surface area contributed by atoms with Crippen LogP contribution in [0, 0.1) is 20.8 Å². The molecule has 1 atom stereocenters. The quantitative estimate of drug-likeness (QED) is 0.684. The van der Waals surface area contributed by atoms with Gasteiger partial charge in [-0.3, -0.25) is 4.90 Å². The fraction of sp³-hybridized carbons (Fsp3) is 0.417. The normalized spacial score (nSPS) is 18.2. The first kappa shape index (κ1) is 21.7. The molecule has 160 valence electrons. The minimum Gasteiger partial charge on any atom is -0.493 e. The van der Waals surface area contributed by atoms with Crippen molar-refractivity contribution < 1.29 is 14.3 Å². The van der Waals surface area contributed by atoms with Gasteiger partial charge in [-0.05, 0) is 56.5 Å². The number of aryl methyl sites for hydroxylation is 3. The Balaban J connectivity index is 2.06. The van der Waals surface area contributed by atoms with E-state index >= 15 is 0 Å². The summed E-state index contributed by atoms with van der Waals surface area (Å²) in [7, 11) is 5.04. The van der Waals surface area contributed by atoms with Gasteiger partial charge in [-0.1, -0.05) is 23.8 Å². The highest BCUT2D eigenvalue weighted by Gasteiger charge is 2.36. The van der Waals surface area contributed by atoms with Crippen LogP contribution in [-0.2, 0) is 0 Å². The number of carbonyl (C=O) groups excluding carboxylic acids is 1. The first-order chi connectivity index (χ1) is 14.3. The highest BCUT2D eigenvalue weighted by molar-refractivity contribution is 6.01. The standard InChI is InChI=1S/C24H31N3O3/c1-8-27-19(18-9-10-20(29-6)21(13-18)30-7)14-22(26(5)24(27)28)25-23-16(3)11-15(2)12-17(23)4/h9-13,19H,8,14H2,1-7H3. The predicted molar refractivity (Wildman–Crippen MR) is 120 cm³/mol. The summed E-state index contributed by atoms with van der Waals surface area (Å²) in [6.07, 6.45) is 0.623. The summed E-state index contributed by atoms with van der Waals surface area (Å²) >= 11 is 0. The van der Waals surface area contributed by atoms with Crippen molar-refractivity contribution >= 4 is 17.6 Å². The summed E-state index contributed by atoms with van der Waals surface area (Å²) in [5.41, 5.74) is 5.37. The van der Waals surface area contributed by atoms with Crippen LogP contribution in [0.1, 0.15) is 41.6 Å². The molecule has 1 aliphatic rings. The van der Waals surface area contributed by atoms with Crippen LogP contribution < -0.4 is 9.47 Å². The van der Waals surface area contributed by atoms with Crippen LogP contribution in [0.25, 0.3) is 0 Å². The molecule has 0 bridgehead atoms. The second kappa shape index (κ2) is 8.78. The van der Waals surface area contributed by atoms with E-state index in [1.807, 2.05) is 30.0 Å². The van der Waals surface area contributed by atoms with Gasteiger partial charge in [-0.15, -0.1) is 0 Å². The van der Waals surface area contributed by atoms with Gasteiger partial charge in [0.25, 0.3) is 0 Å². The molecule has 0 saturated carbocycles. The molecule has 1 fully saturated rings. The van der Waals surface area contributed by atoms with E-state index in [2.05, 4.69) is 32.9 Å². The molecule has 0 N–H and O–H groups in total. The third kappa shape index (κ3) is 3.99. The van der Waals surface area contributed by atoms with Crippen LogP contribution in [-0.4, -0.2) is 49.5 Å². The molecule has 6 nitrogen and oxygen atoms in total. The zero-order chi connectivity index (χ0) is 22.0. The number of benzene rings is 2. The van der Waals surface area contributed by atoms with E-state index in [1.54, 1.807) is 26.2 Å². The van der Waals surface area contributed by atoms with Crippen LogP contribution in [0.15, 0.2) is 35.3 Å². The van der Waals surface area contributed by atoms with Crippen molar-refractivity contribution in [3.8, 4) is 11.5 Å². The van der Waals surface area contributed by atoms with Crippen molar-refractivity contribution in [2.24, 2.45) is 4.99 Å². The first-order valence-corrected chi connectivity index (χ1v) is 10.2. The molecule has 3 rings (SSSR count). The summed E-state index contributed by atoms with van der Waals surface area (Å²) < 4.78 is 10.8. The Bertz CT molecular complexity index is 961. The Morgan fingerprint density at radius 1 is 1.03 bits per heavy atom. The second-order valence-corrected chi connectivity index (χ2v) is 7.74. The molecule has 30 heavy (non-hydrogen) atoms. The van der Waals surface area contributed by atoms with Crippen LogP contribution in [0.5, 0.6) is 11.5 Å². The van der Waals surface area contributed by atoms with E-state index in [0.29, 0.717) is 24.5 Å². The number of carbonyl (C=O) groups is 1. The zero-order valence-corrected chi connectivity index (χ0v) is 18.9. The van der Waals surface area contributed by atoms with Gasteiger partial charge in [0.1, 0.15) is 5.84 Å². The molecule has 1 heterocycles. The Kier molecular flexibility index (Phi) is 6.34. The van der Waals surface area contributed by atoms with Crippen molar-refractivity contribution in [1.29, 1.82) is 0 Å². The molecular weight excluding hydrogens is 378 g/mol. The maximum Gasteiger partial charge on any atom is 0.325 e. The van der Waals surface area contributed by atoms with Gasteiger partial charge in [0.15, 0.2) is 11.5 Å². The number of aliphatic imine (C=N–C) groups is 1. The number of nitrogens with zero attached hydrogens (tertiary/aromatic N) is 3. The molecule has 0 aromatic heterocycles. The highest BCUT2D eigenvalue weighted by atomic mass is 16.5. The molecule has 1 aliphatic heterocycles. The Hall–Kier alpha value is -3.02. The highest BCUT2D eigenvalue weighted by Crippen LogP contribution is 2.37. The Labute approximate surface area is 179 Å². The third-order valence-electron chi connectivity index (χ3n) is 5.68. The summed E-state index contributed by atoms with van der Waals surface area (Å²) in [5, 5.41) is 0. The fourth-order valence-electron chi connectivity index (χ4n) is 4.17. The smallest absolute Gasteiger partial charge is 0.325 e. The van der Waals surface area contributed by atoms with Gasteiger partial charge in [0, 0.05) is 20.0 Å². The van der Waals surface area contributed by atoms with Crippen molar-refractivity contribution in [2.45, 2.75) is 40.2 Å². The lowest BCUT2D eigenvalue weighted by Gasteiger charge is -2.40. The van der Waals surface area contributed by atoms with Crippen molar-refractivity contribution in [3.05, 3.63) is 52.6 Å². The maximum absolute atomic E-state index is 13.2. The van der Waals surface area contributed by atoms with Crippen molar-refractivity contribution in [1.82, 2.24) is 9.80 Å². The topological polar surface area (TPSA) is 54.4 Å². The molecule has 6 heteroatoms. The molecule has 2 aromatic rings. The van der Waals surface area contributed by atoms with Gasteiger partial charge in [-0.25, -0.2) is 9.79 Å². The Morgan fingerprint density at radius 2 is 1.67 bits per heavy atom. The van der Waals surface area contributed by atoms with Gasteiger partial charge in [0.05, 0.1) is 25.9 Å². The number of methoxy groups -OCH3 is 2. The molecule has 1 saturated heterocycles. The molecule has 0 spiro atoms. The summed E-state index contributed by atoms with van der Waals surface area (Å²) in [5.74, 6) is 2.09. The van der Waals surface area contributed by atoms with Crippen LogP contribution in [0.3, 0.4) is 0 Å². The summed E-state index contributed by atoms with van der Waals surface area (Å²) in [6, 6.07) is 9.91. The molecule has 1 unspecified atom stereocenters. The minimum absolute atomic E-state index is 0.0512.